The molecule has 3 aromatic rings. The lowest BCUT2D eigenvalue weighted by atomic mass is 10.2. The predicted octanol–water partition coefficient (Wildman–Crippen LogP) is 3.84. The van der Waals surface area contributed by atoms with Gasteiger partial charge in [-0.25, -0.2) is 4.98 Å². The first kappa shape index (κ1) is 18.7. The van der Waals surface area contributed by atoms with Crippen molar-refractivity contribution in [3.05, 3.63) is 50.6 Å². The first-order chi connectivity index (χ1) is 13.5. The second kappa shape index (κ2) is 7.78. The molecule has 0 unspecified atom stereocenters. The standard InChI is InChI=1S/C19H20N4O4S/c1-12-13(2)28-19-17(12)18(27-15-6-4-3-5-14(15)23(24)25)20-16(21-19)11-22-7-9-26-10-8-22/h3-6H,7-11H2,1-2H3. The Morgan fingerprint density at radius 2 is 2.00 bits per heavy atom. The van der Waals surface area contributed by atoms with Crippen LogP contribution >= 0.6 is 11.3 Å². The monoisotopic (exact) mass is 400 g/mol. The van der Waals surface area contributed by atoms with Crippen molar-refractivity contribution in [2.75, 3.05) is 26.3 Å². The average Bonchev–Trinajstić information content (AvgIpc) is 2.97. The molecule has 2 aromatic heterocycles. The zero-order valence-corrected chi connectivity index (χ0v) is 16.5. The van der Waals surface area contributed by atoms with Crippen molar-refractivity contribution in [3.8, 4) is 11.6 Å². The number of morpholine rings is 1. The van der Waals surface area contributed by atoms with E-state index >= 15 is 0 Å². The fourth-order valence-electron chi connectivity index (χ4n) is 3.16. The summed E-state index contributed by atoms with van der Waals surface area (Å²) in [6, 6.07) is 6.34. The summed E-state index contributed by atoms with van der Waals surface area (Å²) in [5.41, 5.74) is 0.945. The fourth-order valence-corrected chi connectivity index (χ4v) is 4.20. The van der Waals surface area contributed by atoms with Crippen LogP contribution in [0.3, 0.4) is 0 Å². The minimum atomic E-state index is -0.450. The van der Waals surface area contributed by atoms with Gasteiger partial charge in [0.2, 0.25) is 11.6 Å². The van der Waals surface area contributed by atoms with E-state index < -0.39 is 4.92 Å². The maximum absolute atomic E-state index is 11.4. The van der Waals surface area contributed by atoms with Gasteiger partial charge >= 0.3 is 5.69 Å². The highest BCUT2D eigenvalue weighted by Gasteiger charge is 2.21. The number of nitro groups is 1. The van der Waals surface area contributed by atoms with E-state index in [9.17, 15) is 10.1 Å². The first-order valence-corrected chi connectivity index (χ1v) is 9.82. The molecule has 1 aliphatic heterocycles. The minimum absolute atomic E-state index is 0.0893. The van der Waals surface area contributed by atoms with E-state index in [1.807, 2.05) is 13.8 Å². The van der Waals surface area contributed by atoms with Gasteiger partial charge in [0, 0.05) is 24.0 Å². The molecule has 0 aliphatic carbocycles. The zero-order chi connectivity index (χ0) is 19.7. The van der Waals surface area contributed by atoms with Crippen LogP contribution in [0.4, 0.5) is 5.69 Å². The molecule has 8 nitrogen and oxygen atoms in total. The van der Waals surface area contributed by atoms with Crippen LogP contribution < -0.4 is 4.74 Å². The third-order valence-corrected chi connectivity index (χ3v) is 5.88. The van der Waals surface area contributed by atoms with Gasteiger partial charge in [0.25, 0.3) is 0 Å². The number of benzene rings is 1. The Balaban J connectivity index is 1.76. The SMILES string of the molecule is Cc1sc2nc(CN3CCOCC3)nc(Oc3ccccc3[N+](=O)[O-])c2c1C. The zero-order valence-electron chi connectivity index (χ0n) is 15.7. The number of fused-ring (bicyclic) bond motifs is 1. The number of thiophene rings is 1. The molecule has 9 heteroatoms. The van der Waals surface area contributed by atoms with Crippen molar-refractivity contribution in [3.63, 3.8) is 0 Å². The molecule has 0 atom stereocenters. The van der Waals surface area contributed by atoms with E-state index in [2.05, 4.69) is 9.88 Å². The fraction of sp³-hybridized carbons (Fsp3) is 0.368. The molecule has 4 rings (SSSR count). The van der Waals surface area contributed by atoms with Crippen molar-refractivity contribution in [2.45, 2.75) is 20.4 Å². The maximum Gasteiger partial charge on any atom is 0.311 e. The minimum Gasteiger partial charge on any atom is -0.431 e. The molecule has 0 saturated carbocycles. The quantitative estimate of drug-likeness (QED) is 0.475. The molecular formula is C19H20N4O4S. The number of aryl methyl sites for hydroxylation is 2. The van der Waals surface area contributed by atoms with Crippen LogP contribution in [-0.4, -0.2) is 46.1 Å². The van der Waals surface area contributed by atoms with Gasteiger partial charge < -0.3 is 9.47 Å². The number of aromatic nitrogens is 2. The van der Waals surface area contributed by atoms with Crippen LogP contribution in [0.2, 0.25) is 0 Å². The van der Waals surface area contributed by atoms with Crippen LogP contribution in [0.25, 0.3) is 10.2 Å². The van der Waals surface area contributed by atoms with Crippen LogP contribution in [0.15, 0.2) is 24.3 Å². The normalized spacial score (nSPS) is 15.1. The van der Waals surface area contributed by atoms with Crippen molar-refractivity contribution >= 4 is 27.2 Å². The second-order valence-corrected chi connectivity index (χ2v) is 7.83. The van der Waals surface area contributed by atoms with Crippen molar-refractivity contribution in [1.29, 1.82) is 0 Å². The Hall–Kier alpha value is -2.62. The predicted molar refractivity (Wildman–Crippen MR) is 106 cm³/mol. The van der Waals surface area contributed by atoms with E-state index in [-0.39, 0.29) is 11.4 Å². The molecule has 0 spiro atoms. The molecule has 1 saturated heterocycles. The molecular weight excluding hydrogens is 380 g/mol. The van der Waals surface area contributed by atoms with Crippen LogP contribution in [0.5, 0.6) is 11.6 Å². The van der Waals surface area contributed by atoms with E-state index in [1.54, 1.807) is 29.5 Å². The van der Waals surface area contributed by atoms with Gasteiger partial charge in [0.1, 0.15) is 10.7 Å². The average molecular weight is 400 g/mol. The summed E-state index contributed by atoms with van der Waals surface area (Å²) >= 11 is 1.58. The lowest BCUT2D eigenvalue weighted by molar-refractivity contribution is -0.385. The second-order valence-electron chi connectivity index (χ2n) is 6.62. The van der Waals surface area contributed by atoms with Gasteiger partial charge in [0.05, 0.1) is 30.1 Å². The number of hydrogen-bond donors (Lipinski definition) is 0. The van der Waals surface area contributed by atoms with E-state index in [1.165, 1.54) is 6.07 Å². The highest BCUT2D eigenvalue weighted by atomic mass is 32.1. The number of para-hydroxylation sites is 2. The first-order valence-electron chi connectivity index (χ1n) is 9.01. The molecule has 0 radical (unpaired) electrons. The molecule has 146 valence electrons. The third-order valence-electron chi connectivity index (χ3n) is 4.78. The summed E-state index contributed by atoms with van der Waals surface area (Å²) in [4.78, 5) is 24.4. The Labute approximate surface area is 165 Å². The summed E-state index contributed by atoms with van der Waals surface area (Å²) in [6.45, 7) is 7.64. The van der Waals surface area contributed by atoms with Gasteiger partial charge in [-0.3, -0.25) is 15.0 Å². The van der Waals surface area contributed by atoms with Crippen LogP contribution in [-0.2, 0) is 11.3 Å². The summed E-state index contributed by atoms with van der Waals surface area (Å²) < 4.78 is 11.4. The molecule has 3 heterocycles. The number of ether oxygens (including phenoxy) is 2. The van der Waals surface area contributed by atoms with Crippen molar-refractivity contribution < 1.29 is 14.4 Å². The van der Waals surface area contributed by atoms with Gasteiger partial charge in [-0.2, -0.15) is 4.98 Å². The van der Waals surface area contributed by atoms with Gasteiger partial charge in [-0.05, 0) is 25.5 Å². The Morgan fingerprint density at radius 1 is 1.25 bits per heavy atom. The van der Waals surface area contributed by atoms with Crippen LogP contribution in [0.1, 0.15) is 16.3 Å². The summed E-state index contributed by atoms with van der Waals surface area (Å²) in [6.07, 6.45) is 0. The lowest BCUT2D eigenvalue weighted by Gasteiger charge is -2.25. The summed E-state index contributed by atoms with van der Waals surface area (Å²) in [5, 5.41) is 12.2. The third kappa shape index (κ3) is 3.68. The summed E-state index contributed by atoms with van der Waals surface area (Å²) in [7, 11) is 0. The highest BCUT2D eigenvalue weighted by molar-refractivity contribution is 7.18. The molecule has 1 aromatic carbocycles. The van der Waals surface area contributed by atoms with E-state index in [0.717, 1.165) is 33.7 Å². The van der Waals surface area contributed by atoms with E-state index in [0.29, 0.717) is 31.5 Å². The van der Waals surface area contributed by atoms with E-state index in [4.69, 9.17) is 14.5 Å². The van der Waals surface area contributed by atoms with Crippen molar-refractivity contribution in [2.24, 2.45) is 0 Å². The molecule has 0 bridgehead atoms. The Morgan fingerprint density at radius 3 is 2.75 bits per heavy atom. The number of nitrogens with zero attached hydrogens (tertiary/aromatic N) is 4. The number of nitro benzene ring substituents is 1. The smallest absolute Gasteiger partial charge is 0.311 e. The largest absolute Gasteiger partial charge is 0.431 e. The van der Waals surface area contributed by atoms with Crippen molar-refractivity contribution in [1.82, 2.24) is 14.9 Å². The molecule has 0 N–H and O–H groups in total. The molecule has 0 amide bonds. The molecule has 1 fully saturated rings. The summed E-state index contributed by atoms with van der Waals surface area (Å²) in [5.74, 6) is 1.18. The molecule has 1 aliphatic rings. The topological polar surface area (TPSA) is 90.6 Å². The molecule has 28 heavy (non-hydrogen) atoms. The number of hydrogen-bond acceptors (Lipinski definition) is 8. The Kier molecular flexibility index (Phi) is 5.21. The Bertz CT molecular complexity index is 1030. The van der Waals surface area contributed by atoms with Crippen LogP contribution in [0, 0.1) is 24.0 Å². The highest BCUT2D eigenvalue weighted by Crippen LogP contribution is 2.38. The maximum atomic E-state index is 11.4. The van der Waals surface area contributed by atoms with Gasteiger partial charge in [-0.15, -0.1) is 11.3 Å². The lowest BCUT2D eigenvalue weighted by Crippen LogP contribution is -2.36. The number of rotatable bonds is 5. The van der Waals surface area contributed by atoms with Gasteiger partial charge in [0.15, 0.2) is 0 Å². The van der Waals surface area contributed by atoms with Gasteiger partial charge in [-0.1, -0.05) is 12.1 Å².